The summed E-state index contributed by atoms with van der Waals surface area (Å²) in [7, 11) is 3.25. The first-order valence-electron chi connectivity index (χ1n) is 10.6. The zero-order valence-corrected chi connectivity index (χ0v) is 23.9. The molecule has 0 aliphatic carbocycles. The Labute approximate surface area is 243 Å². The maximum Gasteiger partial charge on any atom is 1.00 e. The van der Waals surface area contributed by atoms with E-state index in [-0.39, 0.29) is 68.8 Å². The Bertz CT molecular complexity index is 812. The van der Waals surface area contributed by atoms with Crippen LogP contribution in [0.5, 0.6) is 0 Å². The van der Waals surface area contributed by atoms with E-state index in [2.05, 4.69) is 10.3 Å². The molecule has 0 saturated heterocycles. The van der Waals surface area contributed by atoms with E-state index >= 15 is 0 Å². The number of rotatable bonds is 8. The molecule has 0 amide bonds. The Kier molecular flexibility index (Phi) is 23.7. The fraction of sp³-hybridized carbons (Fsp3) is 0.417. The van der Waals surface area contributed by atoms with Gasteiger partial charge in [-0.15, -0.1) is 0 Å². The molecule has 2 unspecified atom stereocenters. The second-order valence-electron chi connectivity index (χ2n) is 7.73. The maximum atomic E-state index is 9.04. The van der Waals surface area contributed by atoms with Gasteiger partial charge in [-0.3, -0.25) is 0 Å². The first-order valence-corrected chi connectivity index (χ1v) is 10.6. The Morgan fingerprint density at radius 3 is 1.14 bits per heavy atom. The van der Waals surface area contributed by atoms with Gasteiger partial charge in [0.2, 0.25) is 0 Å². The van der Waals surface area contributed by atoms with Crippen molar-refractivity contribution in [3.05, 3.63) is 87.1 Å². The molecule has 2 atom stereocenters. The largest absolute Gasteiger partial charge is 1.00 e. The van der Waals surface area contributed by atoms with Crippen LogP contribution in [0, 0.1) is 27.2 Å². The van der Waals surface area contributed by atoms with Gasteiger partial charge in [-0.2, -0.15) is 0 Å². The molecule has 0 aliphatic rings. The maximum absolute atomic E-state index is 9.04. The third-order valence-electron chi connectivity index (χ3n) is 4.61. The average molecular weight is 692 g/mol. The first kappa shape index (κ1) is 38.5. The van der Waals surface area contributed by atoms with Crippen molar-refractivity contribution in [2.24, 2.45) is 22.1 Å². The topological polar surface area (TPSA) is 150 Å². The van der Waals surface area contributed by atoms with Crippen LogP contribution in [0.1, 0.15) is 38.8 Å². The second-order valence-corrected chi connectivity index (χ2v) is 7.73. The van der Waals surface area contributed by atoms with Gasteiger partial charge in [0.15, 0.2) is 0 Å². The number of ether oxygens (including phenoxy) is 2. The normalized spacial score (nSPS) is 12.6. The minimum atomic E-state index is -1.75. The van der Waals surface area contributed by atoms with Gasteiger partial charge in [0.25, 0.3) is 0 Å². The number of hydrogen-bond donors (Lipinski definition) is 2. The van der Waals surface area contributed by atoms with Crippen LogP contribution in [0.2, 0.25) is 0 Å². The van der Waals surface area contributed by atoms with Crippen molar-refractivity contribution in [2.75, 3.05) is 14.2 Å². The van der Waals surface area contributed by atoms with Crippen molar-refractivity contribution in [3.8, 4) is 0 Å². The minimum Gasteiger partial charge on any atom is -0.411 e. The van der Waals surface area contributed by atoms with Gasteiger partial charge in [0, 0.05) is 25.3 Å². The van der Waals surface area contributed by atoms with Gasteiger partial charge < -0.3 is 35.2 Å². The number of methoxy groups -OCH3 is 2. The van der Waals surface area contributed by atoms with E-state index in [4.69, 9.17) is 35.2 Å². The number of hydrogen-bond acceptors (Lipinski definition) is 9. The second kappa shape index (κ2) is 22.2. The molecule has 0 fully saturated rings. The summed E-state index contributed by atoms with van der Waals surface area (Å²) in [5.74, 6) is 0.530. The van der Waals surface area contributed by atoms with Gasteiger partial charge in [0.05, 0.1) is 5.09 Å². The van der Waals surface area contributed by atoms with Crippen molar-refractivity contribution < 1.29 is 69.7 Å². The standard InChI is InChI=1S/2C12H17NO2.2Ag.NO3/c2*1-9(2)12(15-3)11(13-14)10-7-5-4-6-8-10;;;2-1(3)4/h2*4-9,12,14H,1-3H3;;;/q;;2*+1;-1. The summed E-state index contributed by atoms with van der Waals surface area (Å²) in [5, 5.41) is 39.5. The molecule has 2 rings (SSSR count). The van der Waals surface area contributed by atoms with E-state index < -0.39 is 5.09 Å². The van der Waals surface area contributed by atoms with Crippen molar-refractivity contribution in [2.45, 2.75) is 39.9 Å². The summed E-state index contributed by atoms with van der Waals surface area (Å²) in [6, 6.07) is 19.1. The molecule has 0 heterocycles. The first-order chi connectivity index (χ1) is 16.1. The zero-order valence-electron chi connectivity index (χ0n) is 21.0. The number of benzene rings is 2. The third kappa shape index (κ3) is 14.5. The van der Waals surface area contributed by atoms with Crippen LogP contribution in [0.15, 0.2) is 71.0 Å². The fourth-order valence-corrected chi connectivity index (χ4v) is 3.17. The van der Waals surface area contributed by atoms with Gasteiger partial charge in [-0.1, -0.05) is 98.7 Å². The minimum absolute atomic E-state index is 0. The van der Waals surface area contributed by atoms with E-state index in [1.165, 1.54) is 0 Å². The molecule has 0 saturated carbocycles. The summed E-state index contributed by atoms with van der Waals surface area (Å²) < 4.78 is 10.7. The van der Waals surface area contributed by atoms with E-state index in [0.29, 0.717) is 11.4 Å². The number of oxime groups is 2. The molecule has 10 nitrogen and oxygen atoms in total. The fourth-order valence-electron chi connectivity index (χ4n) is 3.17. The summed E-state index contributed by atoms with van der Waals surface area (Å²) in [6.45, 7) is 8.12. The third-order valence-corrected chi connectivity index (χ3v) is 4.61. The van der Waals surface area contributed by atoms with Crippen LogP contribution in [-0.4, -0.2) is 53.4 Å². The predicted octanol–water partition coefficient (Wildman–Crippen LogP) is 4.83. The molecular formula is C24H34Ag2N3O7+. The Balaban J connectivity index is -0.000000502. The quantitative estimate of drug-likeness (QED) is 0.132. The van der Waals surface area contributed by atoms with E-state index in [1.807, 2.05) is 88.4 Å². The Morgan fingerprint density at radius 1 is 0.722 bits per heavy atom. The Hall–Kier alpha value is -2.02. The van der Waals surface area contributed by atoms with Crippen LogP contribution in [-0.2, 0) is 54.2 Å². The van der Waals surface area contributed by atoms with Gasteiger partial charge in [-0.25, -0.2) is 0 Å². The van der Waals surface area contributed by atoms with Gasteiger partial charge in [-0.05, 0) is 11.8 Å². The van der Waals surface area contributed by atoms with E-state index in [0.717, 1.165) is 11.1 Å². The molecule has 12 heteroatoms. The zero-order chi connectivity index (χ0) is 26.1. The molecule has 0 radical (unpaired) electrons. The molecule has 2 aromatic carbocycles. The molecule has 36 heavy (non-hydrogen) atoms. The van der Waals surface area contributed by atoms with Gasteiger partial charge in [0.1, 0.15) is 23.6 Å². The van der Waals surface area contributed by atoms with Crippen LogP contribution in [0.25, 0.3) is 0 Å². The summed E-state index contributed by atoms with van der Waals surface area (Å²) in [6.07, 6.45) is -0.366. The van der Waals surface area contributed by atoms with Gasteiger partial charge >= 0.3 is 44.8 Å². The van der Waals surface area contributed by atoms with E-state index in [1.54, 1.807) is 14.2 Å². The van der Waals surface area contributed by atoms with Crippen molar-refractivity contribution in [3.63, 3.8) is 0 Å². The Morgan fingerprint density at radius 2 is 0.972 bits per heavy atom. The van der Waals surface area contributed by atoms with Crippen molar-refractivity contribution in [1.82, 2.24) is 0 Å². The van der Waals surface area contributed by atoms with Crippen molar-refractivity contribution in [1.29, 1.82) is 0 Å². The monoisotopic (exact) mass is 690 g/mol. The molecule has 0 aliphatic heterocycles. The molecule has 0 aromatic heterocycles. The molecular weight excluding hydrogens is 658 g/mol. The van der Waals surface area contributed by atoms with Crippen LogP contribution >= 0.6 is 0 Å². The summed E-state index contributed by atoms with van der Waals surface area (Å²) in [5.41, 5.74) is 2.93. The predicted molar refractivity (Wildman–Crippen MR) is 131 cm³/mol. The summed E-state index contributed by atoms with van der Waals surface area (Å²) >= 11 is 0. The smallest absolute Gasteiger partial charge is 0.411 e. The summed E-state index contributed by atoms with van der Waals surface area (Å²) in [4.78, 5) is 8.25. The molecule has 0 spiro atoms. The van der Waals surface area contributed by atoms with Crippen LogP contribution in [0.3, 0.4) is 0 Å². The number of nitrogens with zero attached hydrogens (tertiary/aromatic N) is 3. The van der Waals surface area contributed by atoms with Crippen molar-refractivity contribution >= 4 is 11.4 Å². The van der Waals surface area contributed by atoms with Crippen LogP contribution < -0.4 is 0 Å². The molecule has 208 valence electrons. The molecule has 2 N–H and O–H groups in total. The average Bonchev–Trinajstić information content (AvgIpc) is 2.81. The SMILES string of the molecule is COC(C(=NO)c1ccccc1)C(C)C.COC(C(=NO)c1ccccc1)C(C)C.O=[N+]([O-])[O-].[Ag+].[Ag+]. The molecule has 2 aromatic rings. The van der Waals surface area contributed by atoms with Crippen LogP contribution in [0.4, 0.5) is 0 Å². The molecule has 0 bridgehead atoms. The van der Waals surface area contributed by atoms with E-state index in [9.17, 15) is 0 Å².